The monoisotopic (exact) mass is 257 g/mol. The molecule has 0 aliphatic heterocycles. The number of methoxy groups -OCH3 is 2. The van der Waals surface area contributed by atoms with Crippen LogP contribution in [0.3, 0.4) is 0 Å². The highest BCUT2D eigenvalue weighted by molar-refractivity contribution is 5.77. The van der Waals surface area contributed by atoms with Crippen molar-refractivity contribution in [2.75, 3.05) is 60.7 Å². The van der Waals surface area contributed by atoms with Crippen LogP contribution >= 0.6 is 0 Å². The molecule has 0 unspecified atom stereocenters. The van der Waals surface area contributed by atoms with Crippen LogP contribution < -0.4 is 0 Å². The van der Waals surface area contributed by atoms with Crippen LogP contribution in [0.1, 0.15) is 6.42 Å². The highest BCUT2D eigenvalue weighted by atomic mass is 16.5. The van der Waals surface area contributed by atoms with Crippen molar-refractivity contribution < 1.29 is 14.3 Å². The minimum Gasteiger partial charge on any atom is -0.383 e. The van der Waals surface area contributed by atoms with Gasteiger partial charge in [0.05, 0.1) is 32.2 Å². The Bertz CT molecular complexity index is 258. The summed E-state index contributed by atoms with van der Waals surface area (Å²) in [7, 11) is 4.98. The zero-order valence-corrected chi connectivity index (χ0v) is 11.5. The molecule has 0 atom stereocenters. The Morgan fingerprint density at radius 3 is 2.17 bits per heavy atom. The van der Waals surface area contributed by atoms with Crippen molar-refractivity contribution in [3.8, 4) is 6.07 Å². The number of nitrogens with zero attached hydrogens (tertiary/aromatic N) is 3. The Kier molecular flexibility index (Phi) is 10.3. The smallest absolute Gasteiger partial charge is 0.236 e. The summed E-state index contributed by atoms with van der Waals surface area (Å²) >= 11 is 0. The molecular formula is C12H23N3O3. The van der Waals surface area contributed by atoms with Gasteiger partial charge in [0.25, 0.3) is 0 Å². The van der Waals surface area contributed by atoms with Crippen LogP contribution in [0.15, 0.2) is 0 Å². The summed E-state index contributed by atoms with van der Waals surface area (Å²) in [5, 5.41) is 8.48. The van der Waals surface area contributed by atoms with Crippen molar-refractivity contribution in [3.05, 3.63) is 0 Å². The molecular weight excluding hydrogens is 234 g/mol. The van der Waals surface area contributed by atoms with Crippen LogP contribution in [-0.4, -0.2) is 76.4 Å². The van der Waals surface area contributed by atoms with Crippen molar-refractivity contribution in [2.45, 2.75) is 6.42 Å². The molecule has 0 fully saturated rings. The molecule has 6 nitrogen and oxygen atoms in total. The van der Waals surface area contributed by atoms with E-state index in [1.54, 1.807) is 26.2 Å². The average molecular weight is 257 g/mol. The van der Waals surface area contributed by atoms with E-state index in [1.807, 2.05) is 11.0 Å². The second-order valence-corrected chi connectivity index (χ2v) is 3.99. The number of hydrogen-bond acceptors (Lipinski definition) is 5. The molecule has 0 radical (unpaired) electrons. The molecule has 0 aromatic heterocycles. The minimum atomic E-state index is 0.0115. The predicted octanol–water partition coefficient (Wildman–Crippen LogP) is -0.0467. The van der Waals surface area contributed by atoms with Crippen LogP contribution in [0, 0.1) is 11.3 Å². The minimum absolute atomic E-state index is 0.0115. The zero-order valence-electron chi connectivity index (χ0n) is 11.5. The predicted molar refractivity (Wildman–Crippen MR) is 68.1 cm³/mol. The van der Waals surface area contributed by atoms with Crippen LogP contribution in [0.25, 0.3) is 0 Å². The van der Waals surface area contributed by atoms with Crippen LogP contribution in [0.5, 0.6) is 0 Å². The molecule has 18 heavy (non-hydrogen) atoms. The van der Waals surface area contributed by atoms with E-state index in [2.05, 4.69) is 0 Å². The standard InChI is InChI=1S/C12H23N3O3/c1-14(6-4-5-13)12(16)11-15(7-9-17-2)8-10-18-3/h4,6-11H2,1-3H3. The molecule has 0 aliphatic carbocycles. The van der Waals surface area contributed by atoms with Gasteiger partial charge in [-0.05, 0) is 0 Å². The quantitative estimate of drug-likeness (QED) is 0.549. The normalized spacial score (nSPS) is 10.4. The van der Waals surface area contributed by atoms with E-state index in [4.69, 9.17) is 14.7 Å². The van der Waals surface area contributed by atoms with E-state index in [0.29, 0.717) is 45.8 Å². The van der Waals surface area contributed by atoms with Crippen LogP contribution in [-0.2, 0) is 14.3 Å². The molecule has 0 aliphatic rings. The third-order valence-electron chi connectivity index (χ3n) is 2.57. The summed E-state index contributed by atoms with van der Waals surface area (Å²) in [6.07, 6.45) is 0.360. The molecule has 0 aromatic carbocycles. The van der Waals surface area contributed by atoms with Crippen LogP contribution in [0.2, 0.25) is 0 Å². The van der Waals surface area contributed by atoms with Gasteiger partial charge in [-0.15, -0.1) is 0 Å². The second kappa shape index (κ2) is 11.0. The molecule has 0 heterocycles. The fourth-order valence-corrected chi connectivity index (χ4v) is 1.37. The van der Waals surface area contributed by atoms with Crippen molar-refractivity contribution in [3.63, 3.8) is 0 Å². The maximum Gasteiger partial charge on any atom is 0.236 e. The van der Waals surface area contributed by atoms with Crippen molar-refractivity contribution in [2.24, 2.45) is 0 Å². The molecule has 0 spiro atoms. The second-order valence-electron chi connectivity index (χ2n) is 3.99. The molecule has 1 amide bonds. The number of carbonyl (C=O) groups excluding carboxylic acids is 1. The van der Waals surface area contributed by atoms with Gasteiger partial charge in [0.2, 0.25) is 5.91 Å². The number of rotatable bonds is 10. The summed E-state index contributed by atoms with van der Waals surface area (Å²) in [4.78, 5) is 15.4. The first kappa shape index (κ1) is 16.8. The number of hydrogen-bond donors (Lipinski definition) is 0. The average Bonchev–Trinajstić information content (AvgIpc) is 2.38. The van der Waals surface area contributed by atoms with E-state index in [0.717, 1.165) is 0 Å². The van der Waals surface area contributed by atoms with Gasteiger partial charge < -0.3 is 14.4 Å². The molecule has 0 rings (SSSR count). The Morgan fingerprint density at radius 2 is 1.72 bits per heavy atom. The third-order valence-corrected chi connectivity index (χ3v) is 2.57. The lowest BCUT2D eigenvalue weighted by molar-refractivity contribution is -0.131. The van der Waals surface area contributed by atoms with Gasteiger partial charge in [-0.3, -0.25) is 9.69 Å². The number of ether oxygens (including phenoxy) is 2. The zero-order chi connectivity index (χ0) is 13.8. The molecule has 0 bridgehead atoms. The highest BCUT2D eigenvalue weighted by Crippen LogP contribution is 1.94. The number of likely N-dealkylation sites (N-methyl/N-ethyl adjacent to an activating group) is 1. The van der Waals surface area contributed by atoms with Crippen molar-refractivity contribution >= 4 is 5.91 Å². The first-order valence-corrected chi connectivity index (χ1v) is 5.96. The maximum atomic E-state index is 11.9. The van der Waals surface area contributed by atoms with Gasteiger partial charge in [-0.25, -0.2) is 0 Å². The summed E-state index contributed by atoms with van der Waals surface area (Å²) in [5.74, 6) is 0.0115. The van der Waals surface area contributed by atoms with E-state index < -0.39 is 0 Å². The number of nitriles is 1. The summed E-state index contributed by atoms with van der Waals surface area (Å²) < 4.78 is 10.0. The van der Waals surface area contributed by atoms with Crippen molar-refractivity contribution in [1.82, 2.24) is 9.80 Å². The first-order valence-electron chi connectivity index (χ1n) is 5.96. The Labute approximate surface area is 109 Å². The lowest BCUT2D eigenvalue weighted by atomic mass is 10.3. The van der Waals surface area contributed by atoms with E-state index in [-0.39, 0.29) is 5.91 Å². The first-order chi connectivity index (χ1) is 8.65. The molecule has 0 N–H and O–H groups in total. The number of carbonyl (C=O) groups is 1. The Balaban J connectivity index is 4.11. The lowest BCUT2D eigenvalue weighted by Gasteiger charge is -2.24. The van der Waals surface area contributed by atoms with Gasteiger partial charge >= 0.3 is 0 Å². The molecule has 0 saturated carbocycles. The number of amides is 1. The van der Waals surface area contributed by atoms with E-state index in [1.165, 1.54) is 0 Å². The van der Waals surface area contributed by atoms with Gasteiger partial charge in [-0.1, -0.05) is 0 Å². The lowest BCUT2D eigenvalue weighted by Crippen LogP contribution is -2.41. The van der Waals surface area contributed by atoms with E-state index in [9.17, 15) is 4.79 Å². The fourth-order valence-electron chi connectivity index (χ4n) is 1.37. The Hall–Kier alpha value is -1.16. The fraction of sp³-hybridized carbons (Fsp3) is 0.833. The largest absolute Gasteiger partial charge is 0.383 e. The topological polar surface area (TPSA) is 65.8 Å². The van der Waals surface area contributed by atoms with Gasteiger partial charge in [0.15, 0.2) is 0 Å². The van der Waals surface area contributed by atoms with Gasteiger partial charge in [0, 0.05) is 40.9 Å². The SMILES string of the molecule is COCCN(CCOC)CC(=O)N(C)CCC#N. The van der Waals surface area contributed by atoms with Gasteiger partial charge in [-0.2, -0.15) is 5.26 Å². The summed E-state index contributed by atoms with van der Waals surface area (Å²) in [5.41, 5.74) is 0. The highest BCUT2D eigenvalue weighted by Gasteiger charge is 2.13. The van der Waals surface area contributed by atoms with E-state index >= 15 is 0 Å². The Morgan fingerprint density at radius 1 is 1.17 bits per heavy atom. The molecule has 0 aromatic rings. The maximum absolute atomic E-state index is 11.9. The molecule has 0 saturated heterocycles. The summed E-state index contributed by atoms with van der Waals surface area (Å²) in [6.45, 7) is 3.35. The van der Waals surface area contributed by atoms with Crippen molar-refractivity contribution in [1.29, 1.82) is 5.26 Å². The summed E-state index contributed by atoms with van der Waals surface area (Å²) in [6, 6.07) is 2.03. The molecule has 104 valence electrons. The molecule has 6 heteroatoms. The van der Waals surface area contributed by atoms with Gasteiger partial charge in [0.1, 0.15) is 0 Å². The third kappa shape index (κ3) is 8.01. The van der Waals surface area contributed by atoms with Crippen LogP contribution in [0.4, 0.5) is 0 Å².